The predicted molar refractivity (Wildman–Crippen MR) is 155 cm³/mol. The summed E-state index contributed by atoms with van der Waals surface area (Å²) in [5.74, 6) is 5.18. The van der Waals surface area contributed by atoms with E-state index in [2.05, 4.69) is 43.4 Å². The average Bonchev–Trinajstić information content (AvgIpc) is 3.25. The van der Waals surface area contributed by atoms with E-state index >= 15 is 0 Å². The third-order valence-electron chi connectivity index (χ3n) is 9.68. The molecule has 0 radical (unpaired) electrons. The summed E-state index contributed by atoms with van der Waals surface area (Å²) >= 11 is 6.18. The Labute approximate surface area is 232 Å². The summed E-state index contributed by atoms with van der Waals surface area (Å²) < 4.78 is 1.91. The fraction of sp³-hybridized carbons (Fsp3) is 0.515. The standard InChI is InChI=1S/C33H40ClN3O/c1-20(2)24-8-12-29(13-9-24)37-32(25-6-10-28(34)11-7-25)21(3)31(36-37)33(38)35-14-4-5-30-26-16-22-15-23(18-26)19-27(30)17-22/h6-13,20,22-23,26-27,30H,4-5,14-19H2,1-3H3,(H,35,38). The molecule has 2 aromatic carbocycles. The van der Waals surface area contributed by atoms with Crippen LogP contribution >= 0.6 is 11.6 Å². The van der Waals surface area contributed by atoms with Gasteiger partial charge in [0.15, 0.2) is 5.69 Å². The van der Waals surface area contributed by atoms with Crippen LogP contribution in [0.2, 0.25) is 5.02 Å². The van der Waals surface area contributed by atoms with E-state index in [1.165, 1.54) is 44.1 Å². The summed E-state index contributed by atoms with van der Waals surface area (Å²) in [6, 6.07) is 16.2. The molecule has 4 aliphatic rings. The van der Waals surface area contributed by atoms with Gasteiger partial charge in [-0.25, -0.2) is 4.68 Å². The Balaban J connectivity index is 1.18. The van der Waals surface area contributed by atoms with Crippen LogP contribution in [-0.2, 0) is 0 Å². The van der Waals surface area contributed by atoms with Gasteiger partial charge in [-0.05, 0) is 117 Å². The van der Waals surface area contributed by atoms with Crippen molar-refractivity contribution in [2.45, 2.75) is 71.6 Å². The molecule has 0 atom stereocenters. The molecule has 4 aliphatic carbocycles. The number of benzene rings is 2. The number of hydrogen-bond acceptors (Lipinski definition) is 2. The maximum absolute atomic E-state index is 13.4. The highest BCUT2D eigenvalue weighted by atomic mass is 35.5. The van der Waals surface area contributed by atoms with Crippen LogP contribution in [0.1, 0.15) is 86.3 Å². The van der Waals surface area contributed by atoms with Crippen molar-refractivity contribution in [1.29, 1.82) is 0 Å². The molecular weight excluding hydrogens is 490 g/mol. The number of hydrogen-bond donors (Lipinski definition) is 1. The highest BCUT2D eigenvalue weighted by Crippen LogP contribution is 2.57. The molecule has 7 rings (SSSR count). The van der Waals surface area contributed by atoms with Crippen LogP contribution in [0.25, 0.3) is 16.9 Å². The molecule has 1 heterocycles. The number of aromatic nitrogens is 2. The molecule has 4 nitrogen and oxygen atoms in total. The molecule has 5 heteroatoms. The van der Waals surface area contributed by atoms with Crippen LogP contribution in [0.15, 0.2) is 48.5 Å². The van der Waals surface area contributed by atoms with Gasteiger partial charge in [0.25, 0.3) is 5.91 Å². The lowest BCUT2D eigenvalue weighted by molar-refractivity contribution is -0.0401. The van der Waals surface area contributed by atoms with Crippen molar-refractivity contribution in [1.82, 2.24) is 15.1 Å². The molecular formula is C33H40ClN3O. The normalized spacial score (nSPS) is 25.8. The van der Waals surface area contributed by atoms with Crippen LogP contribution in [0.3, 0.4) is 0 Å². The number of nitrogens with one attached hydrogen (secondary N) is 1. The van der Waals surface area contributed by atoms with Crippen molar-refractivity contribution >= 4 is 17.5 Å². The van der Waals surface area contributed by atoms with E-state index < -0.39 is 0 Å². The molecule has 1 N–H and O–H groups in total. The van der Waals surface area contributed by atoms with Gasteiger partial charge in [0.05, 0.1) is 11.4 Å². The second-order valence-corrected chi connectivity index (χ2v) is 12.9. The van der Waals surface area contributed by atoms with Crippen LogP contribution in [0.5, 0.6) is 0 Å². The first kappa shape index (κ1) is 25.7. The summed E-state index contributed by atoms with van der Waals surface area (Å²) in [7, 11) is 0. The van der Waals surface area contributed by atoms with Gasteiger partial charge >= 0.3 is 0 Å². The summed E-state index contributed by atoms with van der Waals surface area (Å²) in [4.78, 5) is 13.4. The van der Waals surface area contributed by atoms with Crippen LogP contribution in [0.4, 0.5) is 0 Å². The van der Waals surface area contributed by atoms with Crippen LogP contribution in [-0.4, -0.2) is 22.2 Å². The quantitative estimate of drug-likeness (QED) is 0.299. The molecule has 4 fully saturated rings. The minimum absolute atomic E-state index is 0.0830. The lowest BCUT2D eigenvalue weighted by Gasteiger charge is -2.54. The smallest absolute Gasteiger partial charge is 0.272 e. The fourth-order valence-corrected chi connectivity index (χ4v) is 8.10. The lowest BCUT2D eigenvalue weighted by atomic mass is 9.51. The predicted octanol–water partition coefficient (Wildman–Crippen LogP) is 8.21. The van der Waals surface area contributed by atoms with E-state index in [1.807, 2.05) is 35.9 Å². The van der Waals surface area contributed by atoms with Gasteiger partial charge in [0.1, 0.15) is 0 Å². The van der Waals surface area contributed by atoms with Crippen LogP contribution < -0.4 is 5.32 Å². The van der Waals surface area contributed by atoms with E-state index in [4.69, 9.17) is 16.7 Å². The monoisotopic (exact) mass is 529 g/mol. The second kappa shape index (κ2) is 10.5. The lowest BCUT2D eigenvalue weighted by Crippen LogP contribution is -2.45. The van der Waals surface area contributed by atoms with Gasteiger partial charge in [0, 0.05) is 22.7 Å². The highest BCUT2D eigenvalue weighted by molar-refractivity contribution is 6.30. The summed E-state index contributed by atoms with van der Waals surface area (Å²) in [5, 5.41) is 8.75. The molecule has 1 amide bonds. The molecule has 4 saturated carbocycles. The van der Waals surface area contributed by atoms with E-state index in [-0.39, 0.29) is 5.91 Å². The number of carbonyl (C=O) groups is 1. The number of halogens is 1. The second-order valence-electron chi connectivity index (χ2n) is 12.5. The Morgan fingerprint density at radius 3 is 2.21 bits per heavy atom. The van der Waals surface area contributed by atoms with Gasteiger partial charge < -0.3 is 5.32 Å². The molecule has 1 aromatic heterocycles. The largest absolute Gasteiger partial charge is 0.351 e. The maximum atomic E-state index is 13.4. The van der Waals surface area contributed by atoms with E-state index in [9.17, 15) is 4.79 Å². The Morgan fingerprint density at radius 2 is 1.61 bits per heavy atom. The van der Waals surface area contributed by atoms with Crippen molar-refractivity contribution in [3.8, 4) is 16.9 Å². The Kier molecular flexibility index (Phi) is 7.11. The van der Waals surface area contributed by atoms with Crippen molar-refractivity contribution in [2.75, 3.05) is 6.54 Å². The third-order valence-corrected chi connectivity index (χ3v) is 9.93. The minimum atomic E-state index is -0.0830. The molecule has 0 aliphatic heterocycles. The fourth-order valence-electron chi connectivity index (χ4n) is 7.98. The number of carbonyl (C=O) groups excluding carboxylic acids is 1. The SMILES string of the molecule is Cc1c(C(=O)NCCCC2C3CC4CC(C3)CC2C4)nn(-c2ccc(C(C)C)cc2)c1-c1ccc(Cl)cc1. The first-order chi connectivity index (χ1) is 18.4. The van der Waals surface area contributed by atoms with E-state index in [0.717, 1.165) is 58.5 Å². The first-order valence-electron chi connectivity index (χ1n) is 14.6. The first-order valence-corrected chi connectivity index (χ1v) is 15.0. The van der Waals surface area contributed by atoms with Gasteiger partial charge in [0.2, 0.25) is 0 Å². The van der Waals surface area contributed by atoms with Crippen LogP contribution in [0, 0.1) is 36.5 Å². The van der Waals surface area contributed by atoms with Crippen molar-refractivity contribution in [2.24, 2.45) is 29.6 Å². The minimum Gasteiger partial charge on any atom is -0.351 e. The zero-order valence-electron chi connectivity index (χ0n) is 22.9. The summed E-state index contributed by atoms with van der Waals surface area (Å²) in [6.07, 6.45) is 9.67. The highest BCUT2D eigenvalue weighted by Gasteiger charge is 2.47. The van der Waals surface area contributed by atoms with Gasteiger partial charge in [-0.3, -0.25) is 4.79 Å². The zero-order chi connectivity index (χ0) is 26.4. The zero-order valence-corrected chi connectivity index (χ0v) is 23.7. The van der Waals surface area contributed by atoms with E-state index in [0.29, 0.717) is 23.2 Å². The van der Waals surface area contributed by atoms with Gasteiger partial charge in [-0.15, -0.1) is 0 Å². The number of rotatable bonds is 8. The van der Waals surface area contributed by atoms with Crippen molar-refractivity contribution in [3.63, 3.8) is 0 Å². The maximum Gasteiger partial charge on any atom is 0.272 e. The van der Waals surface area contributed by atoms with E-state index in [1.54, 1.807) is 0 Å². The van der Waals surface area contributed by atoms with Gasteiger partial charge in [-0.1, -0.05) is 49.7 Å². The topological polar surface area (TPSA) is 46.9 Å². The molecule has 0 saturated heterocycles. The van der Waals surface area contributed by atoms with Gasteiger partial charge in [-0.2, -0.15) is 5.10 Å². The molecule has 200 valence electrons. The Morgan fingerprint density at radius 1 is 0.974 bits per heavy atom. The van der Waals surface area contributed by atoms with Crippen molar-refractivity contribution < 1.29 is 4.79 Å². The number of nitrogens with zero attached hydrogens (tertiary/aromatic N) is 2. The Hall–Kier alpha value is -2.59. The van der Waals surface area contributed by atoms with Crippen molar-refractivity contribution in [3.05, 3.63) is 70.4 Å². The summed E-state index contributed by atoms with van der Waals surface area (Å²) in [5.41, 5.74) is 5.54. The molecule has 3 aromatic rings. The summed E-state index contributed by atoms with van der Waals surface area (Å²) in [6.45, 7) is 7.10. The number of amides is 1. The molecule has 0 spiro atoms. The Bertz CT molecular complexity index is 1260. The average molecular weight is 530 g/mol. The molecule has 0 unspecified atom stereocenters. The molecule has 4 bridgehead atoms. The third kappa shape index (κ3) is 4.93. The molecule has 38 heavy (non-hydrogen) atoms.